The lowest BCUT2D eigenvalue weighted by Gasteiger charge is -2.21. The van der Waals surface area contributed by atoms with E-state index in [4.69, 9.17) is 4.74 Å². The second kappa shape index (κ2) is 8.25. The van der Waals surface area contributed by atoms with Crippen LogP contribution in [0.2, 0.25) is 0 Å². The molecular weight excluding hydrogens is 365 g/mol. The Bertz CT molecular complexity index is 852. The predicted octanol–water partition coefficient (Wildman–Crippen LogP) is 6.72. The molecule has 2 aromatic carbocycles. The molecule has 152 valence electrons. The molecule has 0 aliphatic heterocycles. The van der Waals surface area contributed by atoms with Crippen LogP contribution in [-0.4, -0.2) is 24.8 Å². The van der Waals surface area contributed by atoms with Gasteiger partial charge in [0.2, 0.25) is 0 Å². The van der Waals surface area contributed by atoms with Crippen molar-refractivity contribution in [3.05, 3.63) is 53.1 Å². The van der Waals surface area contributed by atoms with Crippen molar-refractivity contribution in [3.63, 3.8) is 0 Å². The molecule has 0 heterocycles. The van der Waals surface area contributed by atoms with Crippen molar-refractivity contribution in [2.75, 3.05) is 13.6 Å². The van der Waals surface area contributed by atoms with Gasteiger partial charge in [-0.05, 0) is 54.7 Å². The highest BCUT2D eigenvalue weighted by Gasteiger charge is 2.35. The van der Waals surface area contributed by atoms with Crippen LogP contribution in [-0.2, 0) is 11.6 Å². The molecule has 0 atom stereocenters. The van der Waals surface area contributed by atoms with Crippen molar-refractivity contribution in [2.45, 2.75) is 46.2 Å². The maximum atomic E-state index is 13.7. The van der Waals surface area contributed by atoms with Gasteiger partial charge in [0.05, 0.1) is 12.0 Å². The predicted molar refractivity (Wildman–Crippen MR) is 108 cm³/mol. The number of hydrogen-bond donors (Lipinski definition) is 0. The Morgan fingerprint density at radius 2 is 1.79 bits per heavy atom. The van der Waals surface area contributed by atoms with E-state index in [-0.39, 0.29) is 16.9 Å². The molecule has 3 nitrogen and oxygen atoms in total. The molecule has 0 bridgehead atoms. The van der Waals surface area contributed by atoms with E-state index in [1.807, 2.05) is 40.8 Å². The first kappa shape index (κ1) is 21.8. The van der Waals surface area contributed by atoms with Crippen molar-refractivity contribution >= 4 is 12.0 Å². The van der Waals surface area contributed by atoms with Gasteiger partial charge in [-0.25, -0.2) is 4.99 Å². The average molecular weight is 392 g/mol. The van der Waals surface area contributed by atoms with Crippen LogP contribution < -0.4 is 4.74 Å². The summed E-state index contributed by atoms with van der Waals surface area (Å²) in [6.07, 6.45) is -3.03. The smallest absolute Gasteiger partial charge is 0.420 e. The lowest BCUT2D eigenvalue weighted by Crippen LogP contribution is -2.14. The fraction of sp³-hybridized carbons (Fsp3) is 0.409. The van der Waals surface area contributed by atoms with Gasteiger partial charge in [0, 0.05) is 13.6 Å². The Kier molecular flexibility index (Phi) is 6.42. The molecule has 0 amide bonds. The van der Waals surface area contributed by atoms with Crippen LogP contribution in [0.15, 0.2) is 41.4 Å². The van der Waals surface area contributed by atoms with E-state index in [1.54, 1.807) is 30.0 Å². The highest BCUT2D eigenvalue weighted by molar-refractivity contribution is 5.65. The third-order valence-electron chi connectivity index (χ3n) is 4.42. The third kappa shape index (κ3) is 5.50. The van der Waals surface area contributed by atoms with Crippen LogP contribution >= 0.6 is 0 Å². The number of aryl methyl sites for hydroxylation is 1. The average Bonchev–Trinajstić information content (AvgIpc) is 2.59. The van der Waals surface area contributed by atoms with Crippen LogP contribution in [0.5, 0.6) is 11.5 Å². The van der Waals surface area contributed by atoms with Crippen LogP contribution in [0.3, 0.4) is 0 Å². The SMILES string of the molecule is CCN(C)/C=N/c1cc(C(F)(F)F)c(Oc2cccc(C(C)(C)C)c2)cc1C. The fourth-order valence-corrected chi connectivity index (χ4v) is 2.51. The lowest BCUT2D eigenvalue weighted by molar-refractivity contribution is -0.138. The molecule has 0 spiro atoms. The van der Waals surface area contributed by atoms with Gasteiger partial charge in [-0.15, -0.1) is 0 Å². The summed E-state index contributed by atoms with van der Waals surface area (Å²) in [5.74, 6) is 0.151. The largest absolute Gasteiger partial charge is 0.457 e. The van der Waals surface area contributed by atoms with Crippen LogP contribution in [0.1, 0.15) is 44.4 Å². The van der Waals surface area contributed by atoms with Crippen molar-refractivity contribution < 1.29 is 17.9 Å². The zero-order chi connectivity index (χ0) is 21.1. The minimum Gasteiger partial charge on any atom is -0.457 e. The molecule has 6 heteroatoms. The van der Waals surface area contributed by atoms with Crippen molar-refractivity contribution in [3.8, 4) is 11.5 Å². The minimum absolute atomic E-state index is 0.133. The summed E-state index contributed by atoms with van der Waals surface area (Å²) in [4.78, 5) is 5.98. The van der Waals surface area contributed by atoms with Crippen LogP contribution in [0, 0.1) is 6.92 Å². The summed E-state index contributed by atoms with van der Waals surface area (Å²) in [6, 6.07) is 9.59. The number of alkyl halides is 3. The monoisotopic (exact) mass is 392 g/mol. The molecule has 0 N–H and O–H groups in total. The minimum atomic E-state index is -4.55. The summed E-state index contributed by atoms with van der Waals surface area (Å²) in [6.45, 7) is 10.5. The summed E-state index contributed by atoms with van der Waals surface area (Å²) in [5, 5.41) is 0. The second-order valence-corrected chi connectivity index (χ2v) is 7.83. The van der Waals surface area contributed by atoms with Gasteiger partial charge >= 0.3 is 6.18 Å². The Balaban J connectivity index is 2.47. The van der Waals surface area contributed by atoms with Gasteiger partial charge in [-0.1, -0.05) is 32.9 Å². The van der Waals surface area contributed by atoms with Gasteiger partial charge in [-0.3, -0.25) is 0 Å². The number of ether oxygens (including phenoxy) is 1. The van der Waals surface area contributed by atoms with E-state index in [1.165, 1.54) is 12.4 Å². The quantitative estimate of drug-likeness (QED) is 0.417. The normalized spacial score (nSPS) is 12.5. The molecule has 0 radical (unpaired) electrons. The lowest BCUT2D eigenvalue weighted by atomic mass is 9.87. The molecule has 0 aliphatic carbocycles. The summed E-state index contributed by atoms with van der Waals surface area (Å²) >= 11 is 0. The third-order valence-corrected chi connectivity index (χ3v) is 4.42. The van der Waals surface area contributed by atoms with E-state index in [0.29, 0.717) is 17.9 Å². The van der Waals surface area contributed by atoms with Gasteiger partial charge in [-0.2, -0.15) is 13.2 Å². The first-order chi connectivity index (χ1) is 12.9. The van der Waals surface area contributed by atoms with Crippen molar-refractivity contribution in [1.82, 2.24) is 4.90 Å². The molecule has 0 aliphatic rings. The fourth-order valence-electron chi connectivity index (χ4n) is 2.51. The maximum absolute atomic E-state index is 13.7. The molecule has 0 aromatic heterocycles. The maximum Gasteiger partial charge on any atom is 0.420 e. The first-order valence-corrected chi connectivity index (χ1v) is 9.16. The Labute approximate surface area is 164 Å². The summed E-state index contributed by atoms with van der Waals surface area (Å²) in [7, 11) is 1.81. The Hall–Kier alpha value is -2.50. The summed E-state index contributed by atoms with van der Waals surface area (Å²) in [5.41, 5.74) is 0.885. The number of benzene rings is 2. The second-order valence-electron chi connectivity index (χ2n) is 7.83. The van der Waals surface area contributed by atoms with E-state index < -0.39 is 11.7 Å². The van der Waals surface area contributed by atoms with Gasteiger partial charge < -0.3 is 9.64 Å². The molecule has 28 heavy (non-hydrogen) atoms. The molecule has 0 fully saturated rings. The number of hydrogen-bond acceptors (Lipinski definition) is 2. The van der Waals surface area contributed by atoms with Gasteiger partial charge in [0.15, 0.2) is 0 Å². The molecular formula is C22H27F3N2O. The molecule has 0 saturated heterocycles. The van der Waals surface area contributed by atoms with E-state index >= 15 is 0 Å². The molecule has 2 rings (SSSR count). The van der Waals surface area contributed by atoms with Crippen molar-refractivity contribution in [1.29, 1.82) is 0 Å². The molecule has 2 aromatic rings. The highest BCUT2D eigenvalue weighted by atomic mass is 19.4. The zero-order valence-corrected chi connectivity index (χ0v) is 17.2. The van der Waals surface area contributed by atoms with Crippen LogP contribution in [0.25, 0.3) is 0 Å². The van der Waals surface area contributed by atoms with Crippen molar-refractivity contribution in [2.24, 2.45) is 4.99 Å². The Morgan fingerprint density at radius 3 is 2.36 bits per heavy atom. The standard InChI is InChI=1S/C22H27F3N2O/c1-7-27(6)14-26-19-13-18(22(23,24)25)20(11-15(19)2)28-17-10-8-9-16(12-17)21(3,4)5/h8-14H,7H2,1-6H3/b26-14+. The highest BCUT2D eigenvalue weighted by Crippen LogP contribution is 2.42. The molecule has 0 saturated carbocycles. The first-order valence-electron chi connectivity index (χ1n) is 9.16. The topological polar surface area (TPSA) is 24.8 Å². The molecule has 0 unspecified atom stereocenters. The summed E-state index contributed by atoms with van der Waals surface area (Å²) < 4.78 is 46.6. The van der Waals surface area contributed by atoms with Gasteiger partial charge in [0.25, 0.3) is 0 Å². The van der Waals surface area contributed by atoms with E-state index in [2.05, 4.69) is 4.99 Å². The van der Waals surface area contributed by atoms with E-state index in [9.17, 15) is 13.2 Å². The van der Waals surface area contributed by atoms with Gasteiger partial charge in [0.1, 0.15) is 17.1 Å². The number of aliphatic imine (C=N–C) groups is 1. The number of halogens is 3. The number of nitrogens with zero attached hydrogens (tertiary/aromatic N) is 2. The number of rotatable bonds is 5. The van der Waals surface area contributed by atoms with Crippen LogP contribution in [0.4, 0.5) is 18.9 Å². The van der Waals surface area contributed by atoms with E-state index in [0.717, 1.165) is 11.6 Å². The zero-order valence-electron chi connectivity index (χ0n) is 17.2. The Morgan fingerprint density at radius 1 is 1.11 bits per heavy atom.